The van der Waals surface area contributed by atoms with Crippen molar-refractivity contribution in [1.82, 2.24) is 0 Å². The topological polar surface area (TPSA) is 92.4 Å². The lowest BCUT2D eigenvalue weighted by Gasteiger charge is -2.11. The molecule has 7 heteroatoms. The highest BCUT2D eigenvalue weighted by Gasteiger charge is 2.22. The Hall–Kier alpha value is -3.31. The average Bonchev–Trinajstić information content (AvgIpc) is 3.30. The Bertz CT molecular complexity index is 1220. The molecule has 0 aliphatic rings. The minimum Gasteiger partial charge on any atom is -0.397 e. The van der Waals surface area contributed by atoms with E-state index in [0.717, 1.165) is 16.7 Å². The molecule has 4 aromatic rings. The first-order chi connectivity index (χ1) is 14.5. The molecule has 0 spiro atoms. The van der Waals surface area contributed by atoms with E-state index in [1.54, 1.807) is 59.9 Å². The van der Waals surface area contributed by atoms with Crippen molar-refractivity contribution < 1.29 is 14.3 Å². The minimum absolute atomic E-state index is 0.280. The average molecular weight is 433 g/mol. The standard InChI is InChI=1S/C23H17N2O3PS/c24-20-10-9-17(18-11-12-30-14-18)13-21(20)25-23(26)16-7-5-15(6-8-16)19-3-1-2-4-22(19)29(27)28/h1-14H,(H3-,24,25,26,27,28)/p+1. The molecule has 0 aliphatic carbocycles. The first-order valence-corrected chi connectivity index (χ1v) is 11.3. The second-order valence-electron chi connectivity index (χ2n) is 6.64. The van der Waals surface area contributed by atoms with Gasteiger partial charge in [0.15, 0.2) is 0 Å². The number of nitrogens with one attached hydrogen (secondary N) is 1. The highest BCUT2D eigenvalue weighted by molar-refractivity contribution is 7.47. The summed E-state index contributed by atoms with van der Waals surface area (Å²) in [6.07, 6.45) is 0. The summed E-state index contributed by atoms with van der Waals surface area (Å²) in [5.74, 6) is -0.280. The molecule has 1 unspecified atom stereocenters. The lowest BCUT2D eigenvalue weighted by atomic mass is 10.0. The van der Waals surface area contributed by atoms with E-state index in [1.807, 2.05) is 35.0 Å². The van der Waals surface area contributed by atoms with E-state index < -0.39 is 8.03 Å². The van der Waals surface area contributed by atoms with Crippen LogP contribution in [-0.2, 0) is 4.57 Å². The van der Waals surface area contributed by atoms with Crippen LogP contribution in [0.15, 0.2) is 83.6 Å². The van der Waals surface area contributed by atoms with Crippen LogP contribution in [0.2, 0.25) is 0 Å². The van der Waals surface area contributed by atoms with Gasteiger partial charge in [-0.05, 0) is 74.5 Å². The highest BCUT2D eigenvalue weighted by atomic mass is 32.1. The molecule has 0 fully saturated rings. The number of amides is 1. The Labute approximate surface area is 178 Å². The molecule has 4 N–H and O–H groups in total. The number of nitrogen functional groups attached to an aromatic ring is 1. The van der Waals surface area contributed by atoms with E-state index in [1.165, 1.54) is 0 Å². The van der Waals surface area contributed by atoms with Gasteiger partial charge in [0.2, 0.25) is 5.30 Å². The molecule has 1 heterocycles. The Kier molecular flexibility index (Phi) is 5.72. The van der Waals surface area contributed by atoms with E-state index in [0.29, 0.717) is 27.8 Å². The fraction of sp³-hybridized carbons (Fsp3) is 0. The second-order valence-corrected chi connectivity index (χ2v) is 8.44. The van der Waals surface area contributed by atoms with Crippen LogP contribution >= 0.6 is 19.4 Å². The lowest BCUT2D eigenvalue weighted by Crippen LogP contribution is -2.13. The van der Waals surface area contributed by atoms with E-state index in [4.69, 9.17) is 5.73 Å². The normalized spacial score (nSPS) is 11.2. The second kappa shape index (κ2) is 8.59. The van der Waals surface area contributed by atoms with Crippen LogP contribution in [0.25, 0.3) is 22.3 Å². The molecule has 0 saturated carbocycles. The molecule has 3 aromatic carbocycles. The first-order valence-electron chi connectivity index (χ1n) is 9.12. The number of carbonyl (C=O) groups excluding carboxylic acids is 1. The number of benzene rings is 3. The predicted octanol–water partition coefficient (Wildman–Crippen LogP) is 5.28. The Morgan fingerprint density at radius 1 is 0.933 bits per heavy atom. The zero-order valence-corrected chi connectivity index (χ0v) is 17.5. The number of anilines is 2. The zero-order chi connectivity index (χ0) is 21.1. The quantitative estimate of drug-likeness (QED) is 0.295. The third kappa shape index (κ3) is 4.16. The van der Waals surface area contributed by atoms with Crippen molar-refractivity contribution in [3.63, 3.8) is 0 Å². The van der Waals surface area contributed by atoms with Crippen molar-refractivity contribution >= 4 is 42.0 Å². The smallest absolute Gasteiger partial charge is 0.397 e. The van der Waals surface area contributed by atoms with E-state index in [9.17, 15) is 14.3 Å². The molecule has 0 saturated heterocycles. The molecule has 5 nitrogen and oxygen atoms in total. The fourth-order valence-corrected chi connectivity index (χ4v) is 4.44. The van der Waals surface area contributed by atoms with Crippen LogP contribution in [0.4, 0.5) is 11.4 Å². The summed E-state index contributed by atoms with van der Waals surface area (Å²) in [7, 11) is -2.46. The molecule has 1 aromatic heterocycles. The maximum absolute atomic E-state index is 12.7. The molecule has 0 aliphatic heterocycles. The van der Waals surface area contributed by atoms with Gasteiger partial charge in [0.1, 0.15) is 0 Å². The van der Waals surface area contributed by atoms with Gasteiger partial charge in [0.05, 0.1) is 11.4 Å². The third-order valence-electron chi connectivity index (χ3n) is 4.72. The SMILES string of the molecule is Nc1ccc(-c2ccsc2)cc1NC(=O)c1ccc(-c2ccccc2[P+](=O)O)cc1. The number of hydrogen-bond donors (Lipinski definition) is 3. The van der Waals surface area contributed by atoms with Crippen LogP contribution in [0, 0.1) is 0 Å². The van der Waals surface area contributed by atoms with Gasteiger partial charge in [0, 0.05) is 11.1 Å². The molecule has 30 heavy (non-hydrogen) atoms. The van der Waals surface area contributed by atoms with Gasteiger partial charge in [-0.2, -0.15) is 16.2 Å². The van der Waals surface area contributed by atoms with Crippen molar-refractivity contribution in [1.29, 1.82) is 0 Å². The summed E-state index contributed by atoms with van der Waals surface area (Å²) >= 11 is 1.60. The lowest BCUT2D eigenvalue weighted by molar-refractivity contribution is 0.102. The maximum Gasteiger partial charge on any atom is 0.546 e. The van der Waals surface area contributed by atoms with Gasteiger partial charge in [-0.25, -0.2) is 0 Å². The van der Waals surface area contributed by atoms with Gasteiger partial charge in [0.25, 0.3) is 5.91 Å². The third-order valence-corrected chi connectivity index (χ3v) is 6.21. The Morgan fingerprint density at radius 2 is 1.67 bits per heavy atom. The van der Waals surface area contributed by atoms with Crippen LogP contribution in [0.1, 0.15) is 10.4 Å². The molecular weight excluding hydrogens is 415 g/mol. The first kappa shape index (κ1) is 20.0. The van der Waals surface area contributed by atoms with E-state index in [2.05, 4.69) is 5.32 Å². The van der Waals surface area contributed by atoms with E-state index >= 15 is 0 Å². The number of nitrogens with two attached hydrogens (primary N) is 1. The molecule has 4 rings (SSSR count). The molecule has 0 bridgehead atoms. The van der Waals surface area contributed by atoms with Crippen molar-refractivity contribution in [3.8, 4) is 22.3 Å². The number of carbonyl (C=O) groups is 1. The van der Waals surface area contributed by atoms with Gasteiger partial charge >= 0.3 is 8.03 Å². The van der Waals surface area contributed by atoms with E-state index in [-0.39, 0.29) is 5.91 Å². The number of thiophene rings is 1. The predicted molar refractivity (Wildman–Crippen MR) is 123 cm³/mol. The molecule has 1 amide bonds. The van der Waals surface area contributed by atoms with Crippen LogP contribution < -0.4 is 16.4 Å². The highest BCUT2D eigenvalue weighted by Crippen LogP contribution is 2.29. The molecule has 148 valence electrons. The largest absolute Gasteiger partial charge is 0.546 e. The maximum atomic E-state index is 12.7. The monoisotopic (exact) mass is 433 g/mol. The minimum atomic E-state index is -2.46. The van der Waals surface area contributed by atoms with Crippen molar-refractivity contribution in [2.24, 2.45) is 0 Å². The zero-order valence-electron chi connectivity index (χ0n) is 15.8. The Balaban J connectivity index is 1.57. The van der Waals surface area contributed by atoms with Crippen LogP contribution in [0.3, 0.4) is 0 Å². The Morgan fingerprint density at radius 3 is 2.37 bits per heavy atom. The molecule has 1 atom stereocenters. The molecular formula is C23H18N2O3PS+. The summed E-state index contributed by atoms with van der Waals surface area (Å²) in [5.41, 5.74) is 11.0. The summed E-state index contributed by atoms with van der Waals surface area (Å²) < 4.78 is 11.6. The number of hydrogen-bond acceptors (Lipinski definition) is 4. The summed E-state index contributed by atoms with van der Waals surface area (Å²) in [5, 5.41) is 7.27. The summed E-state index contributed by atoms with van der Waals surface area (Å²) in [6, 6.07) is 21.4. The van der Waals surface area contributed by atoms with Crippen molar-refractivity contribution in [2.45, 2.75) is 0 Å². The van der Waals surface area contributed by atoms with Crippen LogP contribution in [0.5, 0.6) is 0 Å². The molecule has 0 radical (unpaired) electrons. The van der Waals surface area contributed by atoms with Crippen molar-refractivity contribution in [2.75, 3.05) is 11.1 Å². The van der Waals surface area contributed by atoms with Crippen LogP contribution in [-0.4, -0.2) is 10.8 Å². The summed E-state index contributed by atoms with van der Waals surface area (Å²) in [6.45, 7) is 0. The fourth-order valence-electron chi connectivity index (χ4n) is 3.15. The van der Waals surface area contributed by atoms with Gasteiger partial charge in [-0.1, -0.05) is 30.3 Å². The van der Waals surface area contributed by atoms with Crippen molar-refractivity contribution in [3.05, 3.63) is 89.1 Å². The van der Waals surface area contributed by atoms with Gasteiger partial charge < -0.3 is 11.1 Å². The summed E-state index contributed by atoms with van der Waals surface area (Å²) in [4.78, 5) is 22.3. The van der Waals surface area contributed by atoms with Gasteiger partial charge in [-0.15, -0.1) is 0 Å². The number of rotatable bonds is 5. The van der Waals surface area contributed by atoms with Gasteiger partial charge in [-0.3, -0.25) is 4.79 Å².